The molecule has 0 saturated heterocycles. The number of rotatable bonds is 7. The summed E-state index contributed by atoms with van der Waals surface area (Å²) in [5.41, 5.74) is 7.51. The maximum absolute atomic E-state index is 12.0. The summed E-state index contributed by atoms with van der Waals surface area (Å²) in [4.78, 5) is 18.6. The zero-order valence-electron chi connectivity index (χ0n) is 22.2. The first-order valence-electron chi connectivity index (χ1n) is 12.9. The van der Waals surface area contributed by atoms with Crippen LogP contribution < -0.4 is 4.74 Å². The average Bonchev–Trinajstić information content (AvgIpc) is 3.17. The van der Waals surface area contributed by atoms with E-state index in [1.165, 1.54) is 0 Å². The molecular weight excluding hydrogens is 482 g/mol. The molecule has 0 amide bonds. The number of ether oxygens (including phenoxy) is 1. The van der Waals surface area contributed by atoms with Crippen molar-refractivity contribution in [3.63, 3.8) is 0 Å². The Labute approximate surface area is 221 Å². The lowest BCUT2D eigenvalue weighted by molar-refractivity contribution is -0.137. The SMILES string of the molecule is CC[C@@H]1CN(Cc2cc([C@@H](CC(=O)O)c3ccc4c(nnn4C)c3C)ccc2C)Cc2nc(O)ccc2O1. The number of pyridine rings is 1. The zero-order valence-corrected chi connectivity index (χ0v) is 22.2. The van der Waals surface area contributed by atoms with Crippen LogP contribution in [-0.2, 0) is 24.9 Å². The number of carbonyl (C=O) groups is 1. The molecule has 2 aromatic carbocycles. The molecule has 0 radical (unpaired) electrons. The number of carboxylic acid groups (broad SMARTS) is 1. The highest BCUT2D eigenvalue weighted by atomic mass is 16.5. The molecule has 1 aliphatic heterocycles. The summed E-state index contributed by atoms with van der Waals surface area (Å²) in [5, 5.41) is 28.2. The van der Waals surface area contributed by atoms with Crippen LogP contribution in [0.3, 0.4) is 0 Å². The number of aromatic nitrogens is 4. The van der Waals surface area contributed by atoms with Crippen LogP contribution in [-0.4, -0.2) is 53.7 Å². The molecule has 5 rings (SSSR count). The molecule has 0 bridgehead atoms. The molecule has 198 valence electrons. The second-order valence-corrected chi connectivity index (χ2v) is 10.1. The van der Waals surface area contributed by atoms with E-state index in [-0.39, 0.29) is 24.3 Å². The minimum Gasteiger partial charge on any atom is -0.493 e. The molecule has 2 aromatic heterocycles. The van der Waals surface area contributed by atoms with Crippen LogP contribution in [0.4, 0.5) is 0 Å². The summed E-state index contributed by atoms with van der Waals surface area (Å²) in [6, 6.07) is 13.5. The molecule has 2 N–H and O–H groups in total. The van der Waals surface area contributed by atoms with E-state index in [9.17, 15) is 15.0 Å². The maximum atomic E-state index is 12.0. The fourth-order valence-electron chi connectivity index (χ4n) is 5.34. The van der Waals surface area contributed by atoms with Gasteiger partial charge in [0.25, 0.3) is 0 Å². The van der Waals surface area contributed by atoms with Gasteiger partial charge in [0.2, 0.25) is 5.88 Å². The van der Waals surface area contributed by atoms with Crippen LogP contribution in [0, 0.1) is 13.8 Å². The van der Waals surface area contributed by atoms with Crippen LogP contribution in [0.1, 0.15) is 59.2 Å². The zero-order chi connectivity index (χ0) is 27.0. The molecule has 0 unspecified atom stereocenters. The number of nitrogens with zero attached hydrogens (tertiary/aromatic N) is 5. The van der Waals surface area contributed by atoms with Gasteiger partial charge < -0.3 is 14.9 Å². The molecule has 0 fully saturated rings. The minimum atomic E-state index is -0.853. The summed E-state index contributed by atoms with van der Waals surface area (Å²) in [5.74, 6) is -0.492. The molecule has 2 atom stereocenters. The van der Waals surface area contributed by atoms with Gasteiger partial charge in [-0.15, -0.1) is 5.10 Å². The van der Waals surface area contributed by atoms with E-state index in [4.69, 9.17) is 4.74 Å². The second kappa shape index (κ2) is 10.4. The van der Waals surface area contributed by atoms with Crippen molar-refractivity contribution in [2.24, 2.45) is 7.05 Å². The average molecular weight is 516 g/mol. The van der Waals surface area contributed by atoms with Gasteiger partial charge in [0.05, 0.1) is 11.9 Å². The van der Waals surface area contributed by atoms with Gasteiger partial charge >= 0.3 is 5.97 Å². The molecule has 3 heterocycles. The minimum absolute atomic E-state index is 0.00667. The first-order chi connectivity index (χ1) is 18.2. The maximum Gasteiger partial charge on any atom is 0.304 e. The number of fused-ring (bicyclic) bond motifs is 2. The Bertz CT molecular complexity index is 1500. The fourth-order valence-corrected chi connectivity index (χ4v) is 5.34. The normalized spacial score (nSPS) is 16.6. The Morgan fingerprint density at radius 3 is 2.76 bits per heavy atom. The summed E-state index contributed by atoms with van der Waals surface area (Å²) < 4.78 is 7.91. The van der Waals surface area contributed by atoms with E-state index in [1.807, 2.05) is 32.2 Å². The van der Waals surface area contributed by atoms with E-state index in [0.29, 0.717) is 24.5 Å². The number of carboxylic acids is 1. The monoisotopic (exact) mass is 515 g/mol. The molecule has 1 aliphatic rings. The van der Waals surface area contributed by atoms with E-state index in [0.717, 1.165) is 51.8 Å². The van der Waals surface area contributed by atoms with Crippen LogP contribution >= 0.6 is 0 Å². The van der Waals surface area contributed by atoms with Crippen molar-refractivity contribution in [3.8, 4) is 11.6 Å². The van der Waals surface area contributed by atoms with Gasteiger partial charge in [-0.3, -0.25) is 9.69 Å². The Kier molecular flexibility index (Phi) is 7.03. The van der Waals surface area contributed by atoms with Crippen molar-refractivity contribution < 1.29 is 19.7 Å². The number of benzene rings is 2. The summed E-state index contributed by atoms with van der Waals surface area (Å²) in [6.45, 7) is 8.08. The molecular formula is C29H33N5O4. The van der Waals surface area contributed by atoms with Gasteiger partial charge in [-0.25, -0.2) is 9.67 Å². The molecule has 4 aromatic rings. The lowest BCUT2D eigenvalue weighted by atomic mass is 9.84. The number of hydrogen-bond donors (Lipinski definition) is 2. The van der Waals surface area contributed by atoms with E-state index in [1.54, 1.807) is 16.8 Å². The van der Waals surface area contributed by atoms with Crippen molar-refractivity contribution in [1.29, 1.82) is 0 Å². The predicted octanol–water partition coefficient (Wildman–Crippen LogP) is 4.47. The smallest absolute Gasteiger partial charge is 0.304 e. The molecule has 0 spiro atoms. The highest BCUT2D eigenvalue weighted by Gasteiger charge is 2.26. The van der Waals surface area contributed by atoms with Gasteiger partial charge in [0, 0.05) is 38.7 Å². The van der Waals surface area contributed by atoms with Gasteiger partial charge in [-0.2, -0.15) is 0 Å². The number of aliphatic carboxylic acids is 1. The Morgan fingerprint density at radius 2 is 2.00 bits per heavy atom. The second-order valence-electron chi connectivity index (χ2n) is 10.1. The van der Waals surface area contributed by atoms with Crippen molar-refractivity contribution >= 4 is 17.0 Å². The van der Waals surface area contributed by atoms with Gasteiger partial charge in [0.15, 0.2) is 0 Å². The van der Waals surface area contributed by atoms with Gasteiger partial charge in [0.1, 0.15) is 23.1 Å². The number of hydrogen-bond acceptors (Lipinski definition) is 7. The third-order valence-corrected chi connectivity index (χ3v) is 7.50. The van der Waals surface area contributed by atoms with Crippen LogP contribution in [0.25, 0.3) is 11.0 Å². The molecule has 0 aliphatic carbocycles. The van der Waals surface area contributed by atoms with Crippen LogP contribution in [0.5, 0.6) is 11.6 Å². The predicted molar refractivity (Wildman–Crippen MR) is 143 cm³/mol. The van der Waals surface area contributed by atoms with E-state index in [2.05, 4.69) is 46.2 Å². The van der Waals surface area contributed by atoms with E-state index >= 15 is 0 Å². The number of aryl methyl sites for hydroxylation is 3. The van der Waals surface area contributed by atoms with Crippen LogP contribution in [0.2, 0.25) is 0 Å². The lowest BCUT2D eigenvalue weighted by Gasteiger charge is -2.25. The molecule has 0 saturated carbocycles. The van der Waals surface area contributed by atoms with Crippen LogP contribution in [0.15, 0.2) is 42.5 Å². The highest BCUT2D eigenvalue weighted by Crippen LogP contribution is 2.35. The number of aromatic hydroxyl groups is 1. The van der Waals surface area contributed by atoms with Gasteiger partial charge in [-0.05, 0) is 60.2 Å². The third-order valence-electron chi connectivity index (χ3n) is 7.50. The Balaban J connectivity index is 1.50. The third kappa shape index (κ3) is 5.06. The highest BCUT2D eigenvalue weighted by molar-refractivity contribution is 5.80. The standard InChI is InChI=1S/C29H33N5O4/c1-5-21-15-34(16-24-26(38-21)10-11-27(35)30-24)14-20-12-19(7-6-17(20)2)23(13-28(36)37)22-8-9-25-29(18(22)3)31-32-33(25)4/h6-12,21,23H,5,13-16H2,1-4H3,(H,30,35)(H,36,37)/t21-,23-/m1/s1. The Morgan fingerprint density at radius 1 is 1.18 bits per heavy atom. The first-order valence-corrected chi connectivity index (χ1v) is 12.9. The first kappa shape index (κ1) is 25.7. The summed E-state index contributed by atoms with van der Waals surface area (Å²) in [7, 11) is 1.85. The topological polar surface area (TPSA) is 114 Å². The molecule has 38 heavy (non-hydrogen) atoms. The van der Waals surface area contributed by atoms with E-state index < -0.39 is 5.97 Å². The van der Waals surface area contributed by atoms with Crippen molar-refractivity contribution in [3.05, 3.63) is 76.0 Å². The largest absolute Gasteiger partial charge is 0.493 e. The lowest BCUT2D eigenvalue weighted by Crippen LogP contribution is -2.32. The van der Waals surface area contributed by atoms with Crippen molar-refractivity contribution in [2.45, 2.75) is 58.7 Å². The summed E-state index contributed by atoms with van der Waals surface area (Å²) in [6.07, 6.45) is 0.828. The van der Waals surface area contributed by atoms with Crippen molar-refractivity contribution in [1.82, 2.24) is 24.9 Å². The van der Waals surface area contributed by atoms with Gasteiger partial charge in [-0.1, -0.05) is 36.4 Å². The molecule has 9 heteroatoms. The van der Waals surface area contributed by atoms with Crippen molar-refractivity contribution in [2.75, 3.05) is 6.54 Å². The quantitative estimate of drug-likeness (QED) is 0.371. The fraction of sp³-hybridized carbons (Fsp3) is 0.379. The summed E-state index contributed by atoms with van der Waals surface area (Å²) >= 11 is 0. The molecule has 9 nitrogen and oxygen atoms in total. The Hall–Kier alpha value is -3.98.